The largest absolute Gasteiger partial charge is 0.496 e. The summed E-state index contributed by atoms with van der Waals surface area (Å²) in [6, 6.07) is 5.17. The predicted molar refractivity (Wildman–Crippen MR) is 102 cm³/mol. The topological polar surface area (TPSA) is 76.7 Å². The molecule has 7 heteroatoms. The average molecular weight is 374 g/mol. The first-order chi connectivity index (χ1) is 12.6. The zero-order valence-electron chi connectivity index (χ0n) is 15.1. The zero-order valence-corrected chi connectivity index (χ0v) is 15.9. The summed E-state index contributed by atoms with van der Waals surface area (Å²) < 4.78 is 10.6. The van der Waals surface area contributed by atoms with Crippen LogP contribution in [0.2, 0.25) is 0 Å². The molecule has 1 aromatic heterocycles. The van der Waals surface area contributed by atoms with E-state index in [1.165, 1.54) is 30.4 Å². The second-order valence-electron chi connectivity index (χ2n) is 5.99. The molecular formula is C19H22N2O4S. The number of carbonyl (C=O) groups excluding carboxylic acids is 2. The van der Waals surface area contributed by atoms with Gasteiger partial charge in [0.15, 0.2) is 0 Å². The third-order valence-electron chi connectivity index (χ3n) is 4.51. The van der Waals surface area contributed by atoms with Crippen molar-refractivity contribution < 1.29 is 19.1 Å². The van der Waals surface area contributed by atoms with Gasteiger partial charge in [-0.15, -0.1) is 11.3 Å². The normalized spacial score (nSPS) is 12.9. The molecule has 0 radical (unpaired) electrons. The van der Waals surface area contributed by atoms with Gasteiger partial charge in [0.25, 0.3) is 11.8 Å². The van der Waals surface area contributed by atoms with Crippen molar-refractivity contribution in [1.82, 2.24) is 5.32 Å². The minimum Gasteiger partial charge on any atom is -0.496 e. The highest BCUT2D eigenvalue weighted by Gasteiger charge is 2.27. The highest BCUT2D eigenvalue weighted by molar-refractivity contribution is 7.17. The van der Waals surface area contributed by atoms with Gasteiger partial charge in [-0.25, -0.2) is 0 Å². The molecule has 0 bridgehead atoms. The standard InChI is InChI=1S/C19H22N2O4S/c1-20-17(22)15-11-7-4-5-10-14(11)26-19(15)21-18(23)16-12(24-2)8-6-9-13(16)25-3/h6,8-9H,4-5,7,10H2,1-3H3,(H,20,22)(H,21,23). The van der Waals surface area contributed by atoms with Crippen LogP contribution in [0.4, 0.5) is 5.00 Å². The first kappa shape index (κ1) is 18.3. The Morgan fingerprint density at radius 1 is 1.00 bits per heavy atom. The van der Waals surface area contributed by atoms with E-state index in [1.54, 1.807) is 25.2 Å². The molecule has 6 nitrogen and oxygen atoms in total. The number of nitrogens with one attached hydrogen (secondary N) is 2. The maximum Gasteiger partial charge on any atom is 0.263 e. The van der Waals surface area contributed by atoms with Crippen LogP contribution >= 0.6 is 11.3 Å². The monoisotopic (exact) mass is 374 g/mol. The second kappa shape index (κ2) is 7.78. The number of fused-ring (bicyclic) bond motifs is 1. The number of carbonyl (C=O) groups is 2. The number of benzene rings is 1. The Morgan fingerprint density at radius 3 is 2.27 bits per heavy atom. The minimum atomic E-state index is -0.358. The molecule has 0 saturated carbocycles. The smallest absolute Gasteiger partial charge is 0.263 e. The van der Waals surface area contributed by atoms with E-state index < -0.39 is 0 Å². The molecule has 138 valence electrons. The quantitative estimate of drug-likeness (QED) is 0.842. The molecule has 26 heavy (non-hydrogen) atoms. The fourth-order valence-electron chi connectivity index (χ4n) is 3.26. The van der Waals surface area contributed by atoms with Gasteiger partial charge in [0.05, 0.1) is 19.8 Å². The van der Waals surface area contributed by atoms with Gasteiger partial charge in [-0.3, -0.25) is 9.59 Å². The van der Waals surface area contributed by atoms with Crippen molar-refractivity contribution in [3.8, 4) is 11.5 Å². The molecule has 0 spiro atoms. The highest BCUT2D eigenvalue weighted by Crippen LogP contribution is 2.39. The van der Waals surface area contributed by atoms with Gasteiger partial charge in [-0.1, -0.05) is 6.07 Å². The summed E-state index contributed by atoms with van der Waals surface area (Å²) in [7, 11) is 4.61. The van der Waals surface area contributed by atoms with E-state index >= 15 is 0 Å². The van der Waals surface area contributed by atoms with Gasteiger partial charge >= 0.3 is 0 Å². The SMILES string of the molecule is CNC(=O)c1c(NC(=O)c2c(OC)cccc2OC)sc2c1CCCC2. The molecule has 1 aliphatic rings. The number of ether oxygens (including phenoxy) is 2. The van der Waals surface area contributed by atoms with Gasteiger partial charge < -0.3 is 20.1 Å². The molecule has 2 amide bonds. The number of hydrogen-bond donors (Lipinski definition) is 2. The Morgan fingerprint density at radius 2 is 1.65 bits per heavy atom. The van der Waals surface area contributed by atoms with Gasteiger partial charge in [0, 0.05) is 11.9 Å². The van der Waals surface area contributed by atoms with E-state index in [0.29, 0.717) is 27.6 Å². The molecule has 3 rings (SSSR count). The fraction of sp³-hybridized carbons (Fsp3) is 0.368. The van der Waals surface area contributed by atoms with Crippen molar-refractivity contribution in [2.24, 2.45) is 0 Å². The van der Waals surface area contributed by atoms with Gasteiger partial charge in [-0.05, 0) is 43.4 Å². The van der Waals surface area contributed by atoms with Crippen LogP contribution in [0.15, 0.2) is 18.2 Å². The molecule has 1 aromatic carbocycles. The van der Waals surface area contributed by atoms with E-state index in [-0.39, 0.29) is 11.8 Å². The van der Waals surface area contributed by atoms with E-state index in [1.807, 2.05) is 0 Å². The Balaban J connectivity index is 2.01. The lowest BCUT2D eigenvalue weighted by molar-refractivity contribution is 0.0963. The van der Waals surface area contributed by atoms with Gasteiger partial charge in [-0.2, -0.15) is 0 Å². The number of thiophene rings is 1. The van der Waals surface area contributed by atoms with Crippen LogP contribution in [-0.4, -0.2) is 33.1 Å². The first-order valence-electron chi connectivity index (χ1n) is 8.49. The summed E-state index contributed by atoms with van der Waals surface area (Å²) in [6.45, 7) is 0. The Hall–Kier alpha value is -2.54. The third-order valence-corrected chi connectivity index (χ3v) is 5.71. The molecule has 2 aromatic rings. The van der Waals surface area contributed by atoms with Crippen LogP contribution in [-0.2, 0) is 12.8 Å². The lowest BCUT2D eigenvalue weighted by atomic mass is 9.95. The Labute approximate surface area is 156 Å². The third kappa shape index (κ3) is 3.26. The lowest BCUT2D eigenvalue weighted by Crippen LogP contribution is -2.22. The van der Waals surface area contributed by atoms with Crippen molar-refractivity contribution in [2.45, 2.75) is 25.7 Å². The molecular weight excluding hydrogens is 352 g/mol. The van der Waals surface area contributed by atoms with Gasteiger partial charge in [0.2, 0.25) is 0 Å². The molecule has 0 saturated heterocycles. The summed E-state index contributed by atoms with van der Waals surface area (Å²) in [6.07, 6.45) is 3.97. The summed E-state index contributed by atoms with van der Waals surface area (Å²) in [5.41, 5.74) is 1.95. The molecule has 0 atom stereocenters. The maximum atomic E-state index is 13.0. The van der Waals surface area contributed by atoms with Crippen LogP contribution in [0.1, 0.15) is 44.0 Å². The number of hydrogen-bond acceptors (Lipinski definition) is 5. The molecule has 0 fully saturated rings. The summed E-state index contributed by atoms with van der Waals surface area (Å²) in [5.74, 6) is 0.309. The van der Waals surface area contributed by atoms with E-state index in [0.717, 1.165) is 31.2 Å². The lowest BCUT2D eigenvalue weighted by Gasteiger charge is -2.14. The van der Waals surface area contributed by atoms with Crippen molar-refractivity contribution in [3.05, 3.63) is 39.8 Å². The molecule has 0 unspecified atom stereocenters. The minimum absolute atomic E-state index is 0.174. The molecule has 1 aliphatic carbocycles. The number of aryl methyl sites for hydroxylation is 1. The summed E-state index contributed by atoms with van der Waals surface area (Å²) in [5, 5.41) is 6.17. The molecule has 2 N–H and O–H groups in total. The van der Waals surface area contributed by atoms with Crippen molar-refractivity contribution in [3.63, 3.8) is 0 Å². The van der Waals surface area contributed by atoms with Crippen LogP contribution in [0.3, 0.4) is 0 Å². The molecule has 0 aliphatic heterocycles. The highest BCUT2D eigenvalue weighted by atomic mass is 32.1. The predicted octanol–water partition coefficient (Wildman–Crippen LogP) is 3.26. The van der Waals surface area contributed by atoms with Crippen molar-refractivity contribution in [1.29, 1.82) is 0 Å². The number of rotatable bonds is 5. The second-order valence-corrected chi connectivity index (χ2v) is 7.09. The number of amides is 2. The maximum absolute atomic E-state index is 13.0. The Bertz CT molecular complexity index is 822. The first-order valence-corrected chi connectivity index (χ1v) is 9.31. The van der Waals surface area contributed by atoms with E-state index in [9.17, 15) is 9.59 Å². The van der Waals surface area contributed by atoms with Gasteiger partial charge in [0.1, 0.15) is 22.1 Å². The van der Waals surface area contributed by atoms with E-state index in [4.69, 9.17) is 9.47 Å². The average Bonchev–Trinajstić information content (AvgIpc) is 3.04. The van der Waals surface area contributed by atoms with E-state index in [2.05, 4.69) is 10.6 Å². The summed E-state index contributed by atoms with van der Waals surface area (Å²) >= 11 is 1.48. The Kier molecular flexibility index (Phi) is 5.46. The summed E-state index contributed by atoms with van der Waals surface area (Å²) in [4.78, 5) is 26.6. The number of methoxy groups -OCH3 is 2. The van der Waals surface area contributed by atoms with Crippen LogP contribution in [0, 0.1) is 0 Å². The van der Waals surface area contributed by atoms with Crippen LogP contribution < -0.4 is 20.1 Å². The number of anilines is 1. The van der Waals surface area contributed by atoms with Crippen molar-refractivity contribution >= 4 is 28.2 Å². The fourth-order valence-corrected chi connectivity index (χ4v) is 4.54. The van der Waals surface area contributed by atoms with Crippen LogP contribution in [0.25, 0.3) is 0 Å². The van der Waals surface area contributed by atoms with Crippen molar-refractivity contribution in [2.75, 3.05) is 26.6 Å². The van der Waals surface area contributed by atoms with Crippen LogP contribution in [0.5, 0.6) is 11.5 Å². The zero-order chi connectivity index (χ0) is 18.7. The molecule has 1 heterocycles.